The molecule has 1 unspecified atom stereocenters. The van der Waals surface area contributed by atoms with Crippen LogP contribution in [0.5, 0.6) is 0 Å². The molecule has 0 aromatic rings. The lowest BCUT2D eigenvalue weighted by atomic mass is 9.84. The molecular formula is C12H23NO. The second kappa shape index (κ2) is 4.01. The third-order valence-corrected chi connectivity index (χ3v) is 3.09. The van der Waals surface area contributed by atoms with Crippen molar-refractivity contribution in [3.8, 4) is 0 Å². The summed E-state index contributed by atoms with van der Waals surface area (Å²) in [7, 11) is 0. The zero-order valence-corrected chi connectivity index (χ0v) is 9.94. The van der Waals surface area contributed by atoms with Gasteiger partial charge in [-0.1, -0.05) is 20.8 Å². The molecule has 0 aromatic carbocycles. The Morgan fingerprint density at radius 3 is 2.50 bits per heavy atom. The Labute approximate surface area is 87.5 Å². The number of nitrogens with one attached hydrogen (secondary N) is 1. The van der Waals surface area contributed by atoms with Crippen LogP contribution in [0.1, 0.15) is 53.4 Å². The highest BCUT2D eigenvalue weighted by molar-refractivity contribution is 5.88. The molecule has 0 saturated carbocycles. The number of hydrogen-bond donors (Lipinski definition) is 1. The molecule has 2 nitrogen and oxygen atoms in total. The fourth-order valence-corrected chi connectivity index (χ4v) is 1.90. The van der Waals surface area contributed by atoms with Gasteiger partial charge < -0.3 is 5.32 Å². The molecule has 2 heteroatoms. The van der Waals surface area contributed by atoms with E-state index in [9.17, 15) is 4.79 Å². The van der Waals surface area contributed by atoms with E-state index in [0.717, 1.165) is 25.8 Å². The van der Waals surface area contributed by atoms with Crippen molar-refractivity contribution in [3.05, 3.63) is 0 Å². The first kappa shape index (κ1) is 11.7. The van der Waals surface area contributed by atoms with E-state index in [1.807, 2.05) is 6.92 Å². The zero-order valence-electron chi connectivity index (χ0n) is 9.94. The van der Waals surface area contributed by atoms with Crippen molar-refractivity contribution in [3.63, 3.8) is 0 Å². The molecule has 0 bridgehead atoms. The fraction of sp³-hybridized carbons (Fsp3) is 0.917. The molecule has 1 N–H and O–H groups in total. The zero-order chi connectivity index (χ0) is 10.8. The quantitative estimate of drug-likeness (QED) is 0.753. The maximum absolute atomic E-state index is 12.0. The van der Waals surface area contributed by atoms with Crippen LogP contribution in [-0.4, -0.2) is 17.9 Å². The van der Waals surface area contributed by atoms with Crippen LogP contribution in [-0.2, 0) is 4.79 Å². The summed E-state index contributed by atoms with van der Waals surface area (Å²) in [6.45, 7) is 9.60. The molecule has 0 aliphatic carbocycles. The molecule has 0 aromatic heterocycles. The first-order valence-corrected chi connectivity index (χ1v) is 5.62. The Morgan fingerprint density at radius 1 is 1.43 bits per heavy atom. The average molecular weight is 197 g/mol. The Bertz CT molecular complexity index is 209. The summed E-state index contributed by atoms with van der Waals surface area (Å²) in [5.74, 6) is 0.393. The number of carbonyl (C=O) groups is 1. The second-order valence-corrected chi connectivity index (χ2v) is 5.85. The summed E-state index contributed by atoms with van der Waals surface area (Å²) in [5, 5.41) is 3.32. The summed E-state index contributed by atoms with van der Waals surface area (Å²) >= 11 is 0. The molecule has 1 aliphatic heterocycles. The molecule has 0 spiro atoms. The minimum atomic E-state index is -0.217. The largest absolute Gasteiger partial charge is 0.305 e. The monoisotopic (exact) mass is 197 g/mol. The van der Waals surface area contributed by atoms with Gasteiger partial charge in [-0.2, -0.15) is 0 Å². The van der Waals surface area contributed by atoms with E-state index >= 15 is 0 Å². The van der Waals surface area contributed by atoms with Crippen molar-refractivity contribution in [1.29, 1.82) is 0 Å². The van der Waals surface area contributed by atoms with Crippen molar-refractivity contribution in [2.45, 2.75) is 58.9 Å². The van der Waals surface area contributed by atoms with Crippen LogP contribution in [0.25, 0.3) is 0 Å². The van der Waals surface area contributed by atoms with Gasteiger partial charge in [-0.05, 0) is 38.1 Å². The Balaban J connectivity index is 2.42. The molecule has 0 amide bonds. The third kappa shape index (κ3) is 3.09. The van der Waals surface area contributed by atoms with Crippen molar-refractivity contribution in [2.75, 3.05) is 6.54 Å². The molecule has 1 aliphatic rings. The summed E-state index contributed by atoms with van der Waals surface area (Å²) in [4.78, 5) is 12.0. The van der Waals surface area contributed by atoms with E-state index in [-0.39, 0.29) is 11.0 Å². The minimum Gasteiger partial charge on any atom is -0.305 e. The number of carbonyl (C=O) groups excluding carboxylic acids is 1. The third-order valence-electron chi connectivity index (χ3n) is 3.09. The Hall–Kier alpha value is -0.370. The van der Waals surface area contributed by atoms with Gasteiger partial charge in [0, 0.05) is 6.42 Å². The molecule has 1 rings (SSSR count). The fourth-order valence-electron chi connectivity index (χ4n) is 1.90. The van der Waals surface area contributed by atoms with E-state index in [1.54, 1.807) is 0 Å². The van der Waals surface area contributed by atoms with Gasteiger partial charge in [0.2, 0.25) is 0 Å². The van der Waals surface area contributed by atoms with Crippen molar-refractivity contribution < 1.29 is 4.79 Å². The van der Waals surface area contributed by atoms with Crippen molar-refractivity contribution >= 4 is 5.78 Å². The SMILES string of the molecule is CC(C)(C)CCC(=O)C1(C)CCCN1. The van der Waals surface area contributed by atoms with Crippen molar-refractivity contribution in [1.82, 2.24) is 5.32 Å². The van der Waals surface area contributed by atoms with E-state index < -0.39 is 0 Å². The lowest BCUT2D eigenvalue weighted by Crippen LogP contribution is -2.44. The van der Waals surface area contributed by atoms with Crippen molar-refractivity contribution in [2.24, 2.45) is 5.41 Å². The maximum atomic E-state index is 12.0. The molecule has 14 heavy (non-hydrogen) atoms. The first-order valence-electron chi connectivity index (χ1n) is 5.62. The van der Waals surface area contributed by atoms with Crippen LogP contribution >= 0.6 is 0 Å². The highest BCUT2D eigenvalue weighted by Gasteiger charge is 2.35. The normalized spacial score (nSPS) is 28.0. The van der Waals surface area contributed by atoms with Crippen LogP contribution in [0.4, 0.5) is 0 Å². The predicted octanol–water partition coefficient (Wildman–Crippen LogP) is 2.52. The molecule has 1 atom stereocenters. The van der Waals surface area contributed by atoms with Gasteiger partial charge >= 0.3 is 0 Å². The standard InChI is InChI=1S/C12H23NO/c1-11(2,3)8-6-10(14)12(4)7-5-9-13-12/h13H,5-9H2,1-4H3. The van der Waals surface area contributed by atoms with Gasteiger partial charge in [0.25, 0.3) is 0 Å². The average Bonchev–Trinajstić information content (AvgIpc) is 2.48. The lowest BCUT2D eigenvalue weighted by Gasteiger charge is -2.25. The molecular weight excluding hydrogens is 174 g/mol. The van der Waals surface area contributed by atoms with E-state index in [1.165, 1.54) is 0 Å². The van der Waals surface area contributed by atoms with E-state index in [4.69, 9.17) is 0 Å². The smallest absolute Gasteiger partial charge is 0.152 e. The highest BCUT2D eigenvalue weighted by atomic mass is 16.1. The molecule has 1 saturated heterocycles. The Kier molecular flexibility index (Phi) is 3.36. The topological polar surface area (TPSA) is 29.1 Å². The summed E-state index contributed by atoms with van der Waals surface area (Å²) < 4.78 is 0. The number of rotatable bonds is 3. The summed E-state index contributed by atoms with van der Waals surface area (Å²) in [6.07, 6.45) is 3.85. The Morgan fingerprint density at radius 2 is 2.07 bits per heavy atom. The minimum absolute atomic E-state index is 0.217. The maximum Gasteiger partial charge on any atom is 0.152 e. The van der Waals surface area contributed by atoms with Crippen LogP contribution < -0.4 is 5.32 Å². The van der Waals surface area contributed by atoms with E-state index in [0.29, 0.717) is 12.2 Å². The first-order chi connectivity index (χ1) is 6.33. The molecule has 1 heterocycles. The molecule has 1 fully saturated rings. The van der Waals surface area contributed by atoms with Gasteiger partial charge in [-0.15, -0.1) is 0 Å². The van der Waals surface area contributed by atoms with Gasteiger partial charge in [0.1, 0.15) is 0 Å². The molecule has 0 radical (unpaired) electrons. The summed E-state index contributed by atoms with van der Waals surface area (Å²) in [6, 6.07) is 0. The van der Waals surface area contributed by atoms with Gasteiger partial charge in [0.15, 0.2) is 5.78 Å². The molecule has 82 valence electrons. The lowest BCUT2D eigenvalue weighted by molar-refractivity contribution is -0.124. The second-order valence-electron chi connectivity index (χ2n) is 5.85. The van der Waals surface area contributed by atoms with Gasteiger partial charge in [0.05, 0.1) is 5.54 Å². The highest BCUT2D eigenvalue weighted by Crippen LogP contribution is 2.26. The van der Waals surface area contributed by atoms with E-state index in [2.05, 4.69) is 26.1 Å². The predicted molar refractivity (Wildman–Crippen MR) is 59.3 cm³/mol. The van der Waals surface area contributed by atoms with Crippen LogP contribution in [0.2, 0.25) is 0 Å². The number of hydrogen-bond acceptors (Lipinski definition) is 2. The number of Topliss-reactive ketones (excluding diaryl/α,β-unsaturated/α-hetero) is 1. The van der Waals surface area contributed by atoms with Gasteiger partial charge in [-0.25, -0.2) is 0 Å². The van der Waals surface area contributed by atoms with Crippen LogP contribution in [0, 0.1) is 5.41 Å². The van der Waals surface area contributed by atoms with Crippen LogP contribution in [0.15, 0.2) is 0 Å². The van der Waals surface area contributed by atoms with Crippen LogP contribution in [0.3, 0.4) is 0 Å². The van der Waals surface area contributed by atoms with Gasteiger partial charge in [-0.3, -0.25) is 4.79 Å². The summed E-state index contributed by atoms with van der Waals surface area (Å²) in [5.41, 5.74) is 0.0515. The number of ketones is 1.